The zero-order valence-corrected chi connectivity index (χ0v) is 12.2. The molecular formula is C14H19N3S. The molecule has 0 atom stereocenters. The standard InChI is InChI=1S/C14H19N3S/c1-10(2)13-15-16-14(18-13)12-7-5-11(6-8-12)9-17(3)4/h5-8,10H,9H2,1-4H3. The van der Waals surface area contributed by atoms with Gasteiger partial charge in [-0.3, -0.25) is 0 Å². The molecule has 0 aliphatic heterocycles. The number of aromatic nitrogens is 2. The second-order valence-corrected chi connectivity index (χ2v) is 6.04. The SMILES string of the molecule is CC(C)c1nnc(-c2ccc(CN(C)C)cc2)s1. The van der Waals surface area contributed by atoms with E-state index in [0.29, 0.717) is 5.92 Å². The van der Waals surface area contributed by atoms with Crippen molar-refractivity contribution in [3.8, 4) is 10.6 Å². The average Bonchev–Trinajstić information content (AvgIpc) is 2.78. The fourth-order valence-electron chi connectivity index (χ4n) is 1.70. The minimum absolute atomic E-state index is 0.448. The maximum atomic E-state index is 4.26. The molecule has 0 saturated heterocycles. The van der Waals surface area contributed by atoms with Crippen molar-refractivity contribution in [1.29, 1.82) is 0 Å². The minimum Gasteiger partial charge on any atom is -0.305 e. The first-order valence-corrected chi connectivity index (χ1v) is 6.95. The van der Waals surface area contributed by atoms with Crippen LogP contribution in [0.1, 0.15) is 30.3 Å². The van der Waals surface area contributed by atoms with Crippen LogP contribution in [-0.4, -0.2) is 29.2 Å². The summed E-state index contributed by atoms with van der Waals surface area (Å²) in [6.45, 7) is 5.25. The van der Waals surface area contributed by atoms with Crippen LogP contribution in [0.15, 0.2) is 24.3 Å². The average molecular weight is 261 g/mol. The molecule has 0 N–H and O–H groups in total. The topological polar surface area (TPSA) is 29.0 Å². The molecule has 4 heteroatoms. The summed E-state index contributed by atoms with van der Waals surface area (Å²) in [6.07, 6.45) is 0. The van der Waals surface area contributed by atoms with E-state index >= 15 is 0 Å². The lowest BCUT2D eigenvalue weighted by Gasteiger charge is -2.09. The molecule has 2 aromatic rings. The molecule has 0 spiro atoms. The van der Waals surface area contributed by atoms with E-state index in [0.717, 1.165) is 22.1 Å². The molecule has 1 aromatic heterocycles. The monoisotopic (exact) mass is 261 g/mol. The van der Waals surface area contributed by atoms with Crippen LogP contribution in [0.4, 0.5) is 0 Å². The summed E-state index contributed by atoms with van der Waals surface area (Å²) in [5.41, 5.74) is 2.47. The molecule has 0 unspecified atom stereocenters. The summed E-state index contributed by atoms with van der Waals surface area (Å²) in [5, 5.41) is 10.6. The Kier molecular flexibility index (Phi) is 4.09. The summed E-state index contributed by atoms with van der Waals surface area (Å²) >= 11 is 1.68. The zero-order valence-electron chi connectivity index (χ0n) is 11.3. The van der Waals surface area contributed by atoms with E-state index in [-0.39, 0.29) is 0 Å². The van der Waals surface area contributed by atoms with Crippen LogP contribution in [0.5, 0.6) is 0 Å². The fourth-order valence-corrected chi connectivity index (χ4v) is 2.55. The van der Waals surface area contributed by atoms with Gasteiger partial charge in [0.2, 0.25) is 0 Å². The normalized spacial score (nSPS) is 11.4. The highest BCUT2D eigenvalue weighted by atomic mass is 32.1. The van der Waals surface area contributed by atoms with Crippen molar-refractivity contribution in [2.24, 2.45) is 0 Å². The molecule has 0 radical (unpaired) electrons. The molecule has 0 bridgehead atoms. The maximum absolute atomic E-state index is 4.26. The second kappa shape index (κ2) is 5.59. The van der Waals surface area contributed by atoms with Gasteiger partial charge in [-0.25, -0.2) is 0 Å². The van der Waals surface area contributed by atoms with Crippen LogP contribution in [0.2, 0.25) is 0 Å². The number of benzene rings is 1. The Balaban J connectivity index is 2.17. The van der Waals surface area contributed by atoms with Crippen LogP contribution >= 0.6 is 11.3 Å². The zero-order chi connectivity index (χ0) is 13.1. The van der Waals surface area contributed by atoms with Crippen molar-refractivity contribution in [3.05, 3.63) is 34.8 Å². The van der Waals surface area contributed by atoms with Crippen LogP contribution < -0.4 is 0 Å². The van der Waals surface area contributed by atoms with Crippen molar-refractivity contribution in [1.82, 2.24) is 15.1 Å². The van der Waals surface area contributed by atoms with Crippen molar-refractivity contribution in [3.63, 3.8) is 0 Å². The van der Waals surface area contributed by atoms with Crippen LogP contribution in [0.3, 0.4) is 0 Å². The fraction of sp³-hybridized carbons (Fsp3) is 0.429. The third-order valence-corrected chi connectivity index (χ3v) is 3.91. The Morgan fingerprint density at radius 1 is 1.11 bits per heavy atom. The van der Waals surface area contributed by atoms with E-state index in [1.807, 2.05) is 0 Å². The molecule has 0 fully saturated rings. The van der Waals surface area contributed by atoms with Crippen LogP contribution in [0, 0.1) is 0 Å². The number of rotatable bonds is 4. The van der Waals surface area contributed by atoms with Gasteiger partial charge in [0, 0.05) is 18.0 Å². The van der Waals surface area contributed by atoms with Crippen molar-refractivity contribution >= 4 is 11.3 Å². The molecular weight excluding hydrogens is 242 g/mol. The highest BCUT2D eigenvalue weighted by Crippen LogP contribution is 2.27. The molecule has 1 aromatic carbocycles. The van der Waals surface area contributed by atoms with Crippen molar-refractivity contribution in [2.75, 3.05) is 14.1 Å². The lowest BCUT2D eigenvalue weighted by molar-refractivity contribution is 0.402. The predicted octanol–water partition coefficient (Wildman–Crippen LogP) is 3.39. The molecule has 96 valence electrons. The van der Waals surface area contributed by atoms with Gasteiger partial charge in [-0.1, -0.05) is 49.4 Å². The molecule has 3 nitrogen and oxygen atoms in total. The summed E-state index contributed by atoms with van der Waals surface area (Å²) in [7, 11) is 4.15. The Hall–Kier alpha value is -1.26. The number of hydrogen-bond acceptors (Lipinski definition) is 4. The highest BCUT2D eigenvalue weighted by molar-refractivity contribution is 7.14. The van der Waals surface area contributed by atoms with Crippen molar-refractivity contribution in [2.45, 2.75) is 26.3 Å². The lowest BCUT2D eigenvalue weighted by Crippen LogP contribution is -2.10. The first-order chi connectivity index (χ1) is 8.56. The van der Waals surface area contributed by atoms with E-state index in [4.69, 9.17) is 0 Å². The van der Waals surface area contributed by atoms with Crippen LogP contribution in [0.25, 0.3) is 10.6 Å². The maximum Gasteiger partial charge on any atom is 0.147 e. The summed E-state index contributed by atoms with van der Waals surface area (Å²) in [5.74, 6) is 0.448. The third kappa shape index (κ3) is 3.15. The lowest BCUT2D eigenvalue weighted by atomic mass is 10.1. The third-order valence-electron chi connectivity index (χ3n) is 2.63. The summed E-state index contributed by atoms with van der Waals surface area (Å²) in [6, 6.07) is 8.57. The van der Waals surface area contributed by atoms with Gasteiger partial charge in [-0.05, 0) is 19.7 Å². The molecule has 0 aliphatic rings. The number of hydrogen-bond donors (Lipinski definition) is 0. The quantitative estimate of drug-likeness (QED) is 0.844. The molecule has 0 aliphatic carbocycles. The summed E-state index contributed by atoms with van der Waals surface area (Å²) < 4.78 is 0. The van der Waals surface area contributed by atoms with Gasteiger partial charge in [0.15, 0.2) is 0 Å². The molecule has 18 heavy (non-hydrogen) atoms. The van der Waals surface area contributed by atoms with Crippen LogP contribution in [-0.2, 0) is 6.54 Å². The molecule has 1 heterocycles. The minimum atomic E-state index is 0.448. The van der Waals surface area contributed by atoms with E-state index in [9.17, 15) is 0 Å². The van der Waals surface area contributed by atoms with Gasteiger partial charge in [-0.2, -0.15) is 0 Å². The van der Waals surface area contributed by atoms with Gasteiger partial charge < -0.3 is 4.90 Å². The van der Waals surface area contributed by atoms with Gasteiger partial charge in [0.1, 0.15) is 10.0 Å². The smallest absolute Gasteiger partial charge is 0.147 e. The molecule has 0 amide bonds. The van der Waals surface area contributed by atoms with E-state index in [1.165, 1.54) is 5.56 Å². The van der Waals surface area contributed by atoms with Gasteiger partial charge in [0.25, 0.3) is 0 Å². The Morgan fingerprint density at radius 2 is 1.78 bits per heavy atom. The first kappa shape index (κ1) is 13.2. The Bertz CT molecular complexity index is 500. The molecule has 0 saturated carbocycles. The second-order valence-electron chi connectivity index (χ2n) is 5.03. The van der Waals surface area contributed by atoms with Gasteiger partial charge in [0.05, 0.1) is 0 Å². The van der Waals surface area contributed by atoms with E-state index in [2.05, 4.69) is 67.3 Å². The highest BCUT2D eigenvalue weighted by Gasteiger charge is 2.09. The van der Waals surface area contributed by atoms with Crippen molar-refractivity contribution < 1.29 is 0 Å². The predicted molar refractivity (Wildman–Crippen MR) is 76.8 cm³/mol. The van der Waals surface area contributed by atoms with Gasteiger partial charge >= 0.3 is 0 Å². The molecule has 2 rings (SSSR count). The summed E-state index contributed by atoms with van der Waals surface area (Å²) in [4.78, 5) is 2.16. The van der Waals surface area contributed by atoms with Gasteiger partial charge in [-0.15, -0.1) is 10.2 Å². The largest absolute Gasteiger partial charge is 0.305 e. The van der Waals surface area contributed by atoms with E-state index in [1.54, 1.807) is 11.3 Å². The first-order valence-electron chi connectivity index (χ1n) is 6.13. The van der Waals surface area contributed by atoms with E-state index < -0.39 is 0 Å². The Labute approximate surface area is 112 Å². The Morgan fingerprint density at radius 3 is 2.28 bits per heavy atom. The number of nitrogens with zero attached hydrogens (tertiary/aromatic N) is 3.